The molecule has 7 nitrogen and oxygen atoms in total. The van der Waals surface area contributed by atoms with Gasteiger partial charge in [-0.2, -0.15) is 0 Å². The van der Waals surface area contributed by atoms with Gasteiger partial charge >= 0.3 is 0 Å². The van der Waals surface area contributed by atoms with Gasteiger partial charge in [-0.05, 0) is 32.7 Å². The van der Waals surface area contributed by atoms with Crippen LogP contribution >= 0.6 is 11.3 Å². The number of aryl methyl sites for hydroxylation is 2. The molecule has 0 bridgehead atoms. The molecule has 0 saturated carbocycles. The Morgan fingerprint density at radius 1 is 1.52 bits per heavy atom. The first-order valence-electron chi connectivity index (χ1n) is 7.95. The fraction of sp³-hybridized carbons (Fsp3) is 0.600. The summed E-state index contributed by atoms with van der Waals surface area (Å²) in [5.41, 5.74) is 0.869. The predicted molar refractivity (Wildman–Crippen MR) is 87.3 cm³/mol. The molecule has 0 radical (unpaired) electrons. The number of rotatable bonds is 6. The molecule has 124 valence electrons. The molecule has 0 aromatic carbocycles. The average molecular weight is 335 g/mol. The van der Waals surface area contributed by atoms with E-state index in [-0.39, 0.29) is 11.9 Å². The smallest absolute Gasteiger partial charge is 0.240 e. The number of hydrogen-bond acceptors (Lipinski definition) is 7. The zero-order valence-corrected chi connectivity index (χ0v) is 14.2. The summed E-state index contributed by atoms with van der Waals surface area (Å²) in [5, 5.41) is 16.4. The Bertz CT molecular complexity index is 668. The van der Waals surface area contributed by atoms with Crippen LogP contribution in [0.25, 0.3) is 0 Å². The minimum atomic E-state index is -0.0627. The highest BCUT2D eigenvalue weighted by molar-refractivity contribution is 7.15. The van der Waals surface area contributed by atoms with E-state index < -0.39 is 0 Å². The SMILES string of the molecule is CCCc1nnc(NC(=O)CN2CCC[C@@H]2c2cc(C)no2)s1. The van der Waals surface area contributed by atoms with E-state index in [9.17, 15) is 4.79 Å². The van der Waals surface area contributed by atoms with Crippen molar-refractivity contribution in [2.45, 2.75) is 45.6 Å². The van der Waals surface area contributed by atoms with Crippen molar-refractivity contribution in [1.29, 1.82) is 0 Å². The number of anilines is 1. The molecular formula is C15H21N5O2S. The number of hydrogen-bond donors (Lipinski definition) is 1. The summed E-state index contributed by atoms with van der Waals surface area (Å²) in [7, 11) is 0. The van der Waals surface area contributed by atoms with Gasteiger partial charge in [-0.15, -0.1) is 10.2 Å². The second-order valence-electron chi connectivity index (χ2n) is 5.80. The van der Waals surface area contributed by atoms with Crippen molar-refractivity contribution in [3.63, 3.8) is 0 Å². The summed E-state index contributed by atoms with van der Waals surface area (Å²) >= 11 is 1.44. The summed E-state index contributed by atoms with van der Waals surface area (Å²) in [6.07, 6.45) is 3.96. The van der Waals surface area contributed by atoms with Crippen molar-refractivity contribution in [2.75, 3.05) is 18.4 Å². The molecule has 2 aromatic heterocycles. The van der Waals surface area contributed by atoms with E-state index in [0.717, 1.165) is 48.7 Å². The zero-order valence-electron chi connectivity index (χ0n) is 13.4. The predicted octanol–water partition coefficient (Wildman–Crippen LogP) is 2.56. The van der Waals surface area contributed by atoms with E-state index in [1.54, 1.807) is 0 Å². The van der Waals surface area contributed by atoms with E-state index in [0.29, 0.717) is 11.7 Å². The molecular weight excluding hydrogens is 314 g/mol. The van der Waals surface area contributed by atoms with Gasteiger partial charge in [-0.3, -0.25) is 15.0 Å². The maximum Gasteiger partial charge on any atom is 0.240 e. The summed E-state index contributed by atoms with van der Waals surface area (Å²) in [6, 6.07) is 2.08. The molecule has 2 aromatic rings. The molecule has 1 amide bonds. The summed E-state index contributed by atoms with van der Waals surface area (Å²) in [5.74, 6) is 0.779. The van der Waals surface area contributed by atoms with E-state index in [4.69, 9.17) is 4.52 Å². The molecule has 0 unspecified atom stereocenters. The Hall–Kier alpha value is -1.80. The molecule has 0 spiro atoms. The lowest BCUT2D eigenvalue weighted by Crippen LogP contribution is -2.32. The van der Waals surface area contributed by atoms with Gasteiger partial charge in [-0.1, -0.05) is 23.4 Å². The van der Waals surface area contributed by atoms with Crippen LogP contribution in [0.15, 0.2) is 10.6 Å². The van der Waals surface area contributed by atoms with Crippen molar-refractivity contribution in [1.82, 2.24) is 20.3 Å². The van der Waals surface area contributed by atoms with Crippen LogP contribution in [-0.4, -0.2) is 39.3 Å². The Balaban J connectivity index is 1.58. The Labute approximate surface area is 139 Å². The zero-order chi connectivity index (χ0) is 16.2. The lowest BCUT2D eigenvalue weighted by Gasteiger charge is -2.21. The Kier molecular flexibility index (Phi) is 5.02. The van der Waals surface area contributed by atoms with Crippen LogP contribution in [-0.2, 0) is 11.2 Å². The molecule has 23 heavy (non-hydrogen) atoms. The van der Waals surface area contributed by atoms with E-state index in [2.05, 4.69) is 32.5 Å². The highest BCUT2D eigenvalue weighted by Gasteiger charge is 2.30. The van der Waals surface area contributed by atoms with Crippen molar-refractivity contribution in [3.05, 3.63) is 22.5 Å². The van der Waals surface area contributed by atoms with E-state index in [1.807, 2.05) is 13.0 Å². The number of amides is 1. The summed E-state index contributed by atoms with van der Waals surface area (Å²) in [6.45, 7) is 5.21. The number of aromatic nitrogens is 3. The van der Waals surface area contributed by atoms with E-state index >= 15 is 0 Å². The largest absolute Gasteiger partial charge is 0.359 e. The molecule has 8 heteroatoms. The number of nitrogens with zero attached hydrogens (tertiary/aromatic N) is 4. The number of carbonyl (C=O) groups is 1. The van der Waals surface area contributed by atoms with Crippen LogP contribution in [0.1, 0.15) is 48.7 Å². The van der Waals surface area contributed by atoms with Gasteiger partial charge in [0.15, 0.2) is 5.76 Å². The quantitative estimate of drug-likeness (QED) is 0.873. The fourth-order valence-corrected chi connectivity index (χ4v) is 3.70. The minimum absolute atomic E-state index is 0.0627. The van der Waals surface area contributed by atoms with Gasteiger partial charge in [0, 0.05) is 12.5 Å². The summed E-state index contributed by atoms with van der Waals surface area (Å²) in [4.78, 5) is 14.4. The first kappa shape index (κ1) is 16.1. The lowest BCUT2D eigenvalue weighted by molar-refractivity contribution is -0.117. The second-order valence-corrected chi connectivity index (χ2v) is 6.86. The number of carbonyl (C=O) groups excluding carboxylic acids is 1. The standard InChI is InChI=1S/C15H21N5O2S/c1-3-5-14-17-18-15(23-14)16-13(21)9-20-7-4-6-11(20)12-8-10(2)19-22-12/h8,11H,3-7,9H2,1-2H3,(H,16,18,21)/t11-/m1/s1. The van der Waals surface area contributed by atoms with Crippen molar-refractivity contribution >= 4 is 22.4 Å². The van der Waals surface area contributed by atoms with Crippen LogP contribution < -0.4 is 5.32 Å². The molecule has 1 aliphatic rings. The fourth-order valence-electron chi connectivity index (χ4n) is 2.84. The molecule has 3 rings (SSSR count). The van der Waals surface area contributed by atoms with Gasteiger partial charge in [0.05, 0.1) is 18.3 Å². The molecule has 0 aliphatic carbocycles. The van der Waals surface area contributed by atoms with Crippen LogP contribution in [0.3, 0.4) is 0 Å². The normalized spacial score (nSPS) is 18.4. The number of nitrogens with one attached hydrogen (secondary N) is 1. The molecule has 1 aliphatic heterocycles. The van der Waals surface area contributed by atoms with Gasteiger partial charge in [0.1, 0.15) is 5.01 Å². The first-order chi connectivity index (χ1) is 11.2. The van der Waals surface area contributed by atoms with Gasteiger partial charge in [0.25, 0.3) is 0 Å². The number of likely N-dealkylation sites (tertiary alicyclic amines) is 1. The maximum absolute atomic E-state index is 12.3. The molecule has 1 saturated heterocycles. The van der Waals surface area contributed by atoms with Crippen LogP contribution in [0, 0.1) is 6.92 Å². The van der Waals surface area contributed by atoms with Crippen molar-refractivity contribution in [2.24, 2.45) is 0 Å². The highest BCUT2D eigenvalue weighted by atomic mass is 32.1. The lowest BCUT2D eigenvalue weighted by atomic mass is 10.1. The minimum Gasteiger partial charge on any atom is -0.359 e. The third-order valence-electron chi connectivity index (χ3n) is 3.86. The molecule has 3 heterocycles. The Morgan fingerprint density at radius 2 is 2.39 bits per heavy atom. The third kappa shape index (κ3) is 3.94. The molecule has 1 N–H and O–H groups in total. The topological polar surface area (TPSA) is 84.2 Å². The molecule has 1 atom stereocenters. The first-order valence-corrected chi connectivity index (χ1v) is 8.77. The van der Waals surface area contributed by atoms with Crippen molar-refractivity contribution < 1.29 is 9.32 Å². The average Bonchev–Trinajstić information content (AvgIpc) is 3.21. The monoisotopic (exact) mass is 335 g/mol. The van der Waals surface area contributed by atoms with Gasteiger partial charge in [0.2, 0.25) is 11.0 Å². The second kappa shape index (κ2) is 7.18. The molecule has 1 fully saturated rings. The van der Waals surface area contributed by atoms with Gasteiger partial charge in [-0.25, -0.2) is 0 Å². The Morgan fingerprint density at radius 3 is 3.13 bits per heavy atom. The van der Waals surface area contributed by atoms with Gasteiger partial charge < -0.3 is 4.52 Å². The highest BCUT2D eigenvalue weighted by Crippen LogP contribution is 2.31. The summed E-state index contributed by atoms with van der Waals surface area (Å²) < 4.78 is 5.36. The van der Waals surface area contributed by atoms with E-state index in [1.165, 1.54) is 11.3 Å². The van der Waals surface area contributed by atoms with Crippen LogP contribution in [0.4, 0.5) is 5.13 Å². The maximum atomic E-state index is 12.3. The van der Waals surface area contributed by atoms with Crippen LogP contribution in [0.2, 0.25) is 0 Å². The van der Waals surface area contributed by atoms with Crippen molar-refractivity contribution in [3.8, 4) is 0 Å². The third-order valence-corrected chi connectivity index (χ3v) is 4.76. The van der Waals surface area contributed by atoms with Crippen LogP contribution in [0.5, 0.6) is 0 Å².